The summed E-state index contributed by atoms with van der Waals surface area (Å²) in [6.45, 7) is 8.57. The molecule has 0 amide bonds. The van der Waals surface area contributed by atoms with Gasteiger partial charge in [0.2, 0.25) is 0 Å². The van der Waals surface area contributed by atoms with Crippen molar-refractivity contribution < 1.29 is 19.7 Å². The van der Waals surface area contributed by atoms with Gasteiger partial charge < -0.3 is 14.9 Å². The Kier molecular flexibility index (Phi) is 4.05. The molecule has 0 aromatic rings. The van der Waals surface area contributed by atoms with Crippen LogP contribution in [0.3, 0.4) is 0 Å². The van der Waals surface area contributed by atoms with Gasteiger partial charge in [0.1, 0.15) is 0 Å². The Morgan fingerprint density at radius 3 is 2.50 bits per heavy atom. The van der Waals surface area contributed by atoms with Gasteiger partial charge >= 0.3 is 5.97 Å². The highest BCUT2D eigenvalue weighted by molar-refractivity contribution is 5.71. The minimum absolute atomic E-state index is 0.00199. The quantitative estimate of drug-likeness (QED) is 0.781. The second-order valence-corrected chi connectivity index (χ2v) is 8.59. The number of ether oxygens (including phenoxy) is 1. The number of fused-ring (bicyclic) bond motifs is 3. The molecule has 2 aliphatic carbocycles. The molecular formula is C18H30O4. The van der Waals surface area contributed by atoms with Gasteiger partial charge in [-0.1, -0.05) is 20.3 Å². The van der Waals surface area contributed by atoms with Crippen LogP contribution in [-0.4, -0.2) is 34.0 Å². The Bertz CT molecular complexity index is 446. The number of carbonyl (C=O) groups is 1. The van der Waals surface area contributed by atoms with Gasteiger partial charge in [0, 0.05) is 5.92 Å². The monoisotopic (exact) mass is 310 g/mol. The third-order valence-corrected chi connectivity index (χ3v) is 6.70. The Morgan fingerprint density at radius 2 is 1.86 bits per heavy atom. The minimum Gasteiger partial charge on any atom is -0.481 e. The fraction of sp³-hybridized carbons (Fsp3) is 0.944. The average molecular weight is 310 g/mol. The maximum atomic E-state index is 11.6. The van der Waals surface area contributed by atoms with Crippen LogP contribution in [0, 0.1) is 35.5 Å². The number of aliphatic hydroxyl groups is 1. The first kappa shape index (κ1) is 16.3. The summed E-state index contributed by atoms with van der Waals surface area (Å²) >= 11 is 0. The zero-order chi connectivity index (χ0) is 16.2. The standard InChI is InChI=1S/C18H30O4/c1-9-5-6-12-11(7-9)15-13(22-18(12,3)4)8-10(2)14(16(15)19)17(20)21/h9-16,19H,5-8H2,1-4H3,(H,20,21). The lowest BCUT2D eigenvalue weighted by molar-refractivity contribution is -0.251. The maximum Gasteiger partial charge on any atom is 0.309 e. The number of hydrogen-bond acceptors (Lipinski definition) is 3. The van der Waals surface area contributed by atoms with Crippen LogP contribution >= 0.6 is 0 Å². The summed E-state index contributed by atoms with van der Waals surface area (Å²) in [7, 11) is 0. The van der Waals surface area contributed by atoms with Crippen molar-refractivity contribution in [1.82, 2.24) is 0 Å². The van der Waals surface area contributed by atoms with Crippen molar-refractivity contribution in [3.8, 4) is 0 Å². The minimum atomic E-state index is -0.858. The fourth-order valence-corrected chi connectivity index (χ4v) is 5.70. The first-order valence-corrected chi connectivity index (χ1v) is 8.81. The second kappa shape index (κ2) is 5.48. The zero-order valence-electron chi connectivity index (χ0n) is 14.2. The van der Waals surface area contributed by atoms with Crippen LogP contribution in [0.4, 0.5) is 0 Å². The summed E-state index contributed by atoms with van der Waals surface area (Å²) in [4.78, 5) is 11.6. The van der Waals surface area contributed by atoms with Crippen LogP contribution in [0.25, 0.3) is 0 Å². The molecule has 1 aliphatic heterocycles. The van der Waals surface area contributed by atoms with Crippen molar-refractivity contribution in [1.29, 1.82) is 0 Å². The topological polar surface area (TPSA) is 66.8 Å². The highest BCUT2D eigenvalue weighted by Gasteiger charge is 2.57. The molecule has 3 aliphatic rings. The van der Waals surface area contributed by atoms with Crippen LogP contribution in [0.15, 0.2) is 0 Å². The number of carboxylic acids is 1. The van der Waals surface area contributed by atoms with E-state index in [9.17, 15) is 15.0 Å². The Balaban J connectivity index is 1.93. The summed E-state index contributed by atoms with van der Waals surface area (Å²) in [5.74, 6) is -0.0808. The maximum absolute atomic E-state index is 11.6. The molecule has 4 nitrogen and oxygen atoms in total. The van der Waals surface area contributed by atoms with Gasteiger partial charge in [-0.3, -0.25) is 4.79 Å². The SMILES string of the molecule is CC1CCC2C(C1)C1C(CC(C)C(C(=O)O)C1O)OC2(C)C. The highest BCUT2D eigenvalue weighted by Crippen LogP contribution is 2.55. The fourth-order valence-electron chi connectivity index (χ4n) is 5.70. The van der Waals surface area contributed by atoms with E-state index in [1.165, 1.54) is 6.42 Å². The molecule has 8 unspecified atom stereocenters. The van der Waals surface area contributed by atoms with E-state index in [2.05, 4.69) is 20.8 Å². The normalized spacial score (nSPS) is 50.8. The molecule has 0 spiro atoms. The van der Waals surface area contributed by atoms with Crippen molar-refractivity contribution in [2.24, 2.45) is 35.5 Å². The molecule has 4 heteroatoms. The van der Waals surface area contributed by atoms with Crippen molar-refractivity contribution >= 4 is 5.97 Å². The smallest absolute Gasteiger partial charge is 0.309 e. The van der Waals surface area contributed by atoms with Gasteiger partial charge in [-0.25, -0.2) is 0 Å². The van der Waals surface area contributed by atoms with Gasteiger partial charge in [-0.2, -0.15) is 0 Å². The second-order valence-electron chi connectivity index (χ2n) is 8.59. The molecule has 1 saturated heterocycles. The Hall–Kier alpha value is -0.610. The summed E-state index contributed by atoms with van der Waals surface area (Å²) < 4.78 is 6.40. The van der Waals surface area contributed by atoms with Gasteiger partial charge in [0.15, 0.2) is 0 Å². The predicted molar refractivity (Wildman–Crippen MR) is 83.4 cm³/mol. The Morgan fingerprint density at radius 1 is 1.18 bits per heavy atom. The van der Waals surface area contributed by atoms with Crippen LogP contribution in [0.1, 0.15) is 53.4 Å². The van der Waals surface area contributed by atoms with E-state index in [1.54, 1.807) is 0 Å². The molecule has 2 N–H and O–H groups in total. The molecule has 22 heavy (non-hydrogen) atoms. The van der Waals surface area contributed by atoms with E-state index in [-0.39, 0.29) is 23.5 Å². The van der Waals surface area contributed by atoms with Crippen molar-refractivity contribution in [3.05, 3.63) is 0 Å². The van der Waals surface area contributed by atoms with E-state index in [4.69, 9.17) is 4.74 Å². The van der Waals surface area contributed by atoms with Crippen molar-refractivity contribution in [2.45, 2.75) is 71.2 Å². The molecule has 0 aromatic heterocycles. The molecule has 3 rings (SSSR count). The van der Waals surface area contributed by atoms with E-state index >= 15 is 0 Å². The number of hydrogen-bond donors (Lipinski definition) is 2. The number of aliphatic hydroxyl groups excluding tert-OH is 1. The third kappa shape index (κ3) is 2.48. The van der Waals surface area contributed by atoms with Crippen LogP contribution < -0.4 is 0 Å². The molecule has 3 fully saturated rings. The predicted octanol–water partition coefficient (Wildman–Crippen LogP) is 2.93. The van der Waals surface area contributed by atoms with Crippen LogP contribution in [-0.2, 0) is 9.53 Å². The Labute approximate surface area is 133 Å². The molecule has 1 heterocycles. The van der Waals surface area contributed by atoms with E-state index in [0.29, 0.717) is 17.8 Å². The van der Waals surface area contributed by atoms with Crippen LogP contribution in [0.2, 0.25) is 0 Å². The first-order valence-electron chi connectivity index (χ1n) is 8.81. The number of aliphatic carboxylic acids is 1. The van der Waals surface area contributed by atoms with Crippen molar-refractivity contribution in [2.75, 3.05) is 0 Å². The van der Waals surface area contributed by atoms with E-state index in [1.807, 2.05) is 6.92 Å². The largest absolute Gasteiger partial charge is 0.481 e. The summed E-state index contributed by atoms with van der Waals surface area (Å²) in [6.07, 6.45) is 3.40. The lowest BCUT2D eigenvalue weighted by Crippen LogP contribution is -2.62. The van der Waals surface area contributed by atoms with Gasteiger partial charge in [-0.15, -0.1) is 0 Å². The lowest BCUT2D eigenvalue weighted by Gasteiger charge is -2.58. The summed E-state index contributed by atoms with van der Waals surface area (Å²) in [6, 6.07) is 0. The van der Waals surface area contributed by atoms with Crippen LogP contribution in [0.5, 0.6) is 0 Å². The summed E-state index contributed by atoms with van der Waals surface area (Å²) in [5, 5.41) is 20.4. The lowest BCUT2D eigenvalue weighted by atomic mass is 9.55. The zero-order valence-corrected chi connectivity index (χ0v) is 14.2. The summed E-state index contributed by atoms with van der Waals surface area (Å²) in [5.41, 5.74) is -0.165. The van der Waals surface area contributed by atoms with Gasteiger partial charge in [0.05, 0.1) is 23.7 Å². The number of carboxylic acid groups (broad SMARTS) is 1. The van der Waals surface area contributed by atoms with E-state index < -0.39 is 18.0 Å². The number of rotatable bonds is 1. The van der Waals surface area contributed by atoms with Crippen molar-refractivity contribution in [3.63, 3.8) is 0 Å². The highest BCUT2D eigenvalue weighted by atomic mass is 16.5. The van der Waals surface area contributed by atoms with Gasteiger partial charge in [-0.05, 0) is 56.8 Å². The molecular weight excluding hydrogens is 280 g/mol. The molecule has 0 bridgehead atoms. The molecule has 0 radical (unpaired) electrons. The van der Waals surface area contributed by atoms with E-state index in [0.717, 1.165) is 19.3 Å². The molecule has 8 atom stereocenters. The third-order valence-electron chi connectivity index (χ3n) is 6.70. The first-order chi connectivity index (χ1) is 10.2. The molecule has 2 saturated carbocycles. The average Bonchev–Trinajstić information content (AvgIpc) is 2.35. The van der Waals surface area contributed by atoms with Gasteiger partial charge in [0.25, 0.3) is 0 Å². The molecule has 126 valence electrons. The molecule has 0 aromatic carbocycles.